The second kappa shape index (κ2) is 12.7. The third kappa shape index (κ3) is 6.62. The number of hydrogen-bond acceptors (Lipinski definition) is 11. The first-order valence-electron chi connectivity index (χ1n) is 15.0. The summed E-state index contributed by atoms with van der Waals surface area (Å²) in [6.07, 6.45) is 4.63. The lowest BCUT2D eigenvalue weighted by Crippen LogP contribution is -2.54. The van der Waals surface area contributed by atoms with E-state index in [9.17, 15) is 24.0 Å². The summed E-state index contributed by atoms with van der Waals surface area (Å²) in [4.78, 5) is 74.4. The Morgan fingerprint density at radius 3 is 2.48 bits per heavy atom. The number of piperidine rings is 2. The molecule has 6 rings (SSSR count). The Kier molecular flexibility index (Phi) is 8.83. The van der Waals surface area contributed by atoms with Gasteiger partial charge in [0.1, 0.15) is 17.6 Å². The molecular formula is C31H33FN6O6S2. The third-order valence-electron chi connectivity index (χ3n) is 8.30. The number of likely N-dealkylation sites (tertiary alicyclic amines) is 1. The lowest BCUT2D eigenvalue weighted by Gasteiger charge is -2.31. The number of carbonyl (C=O) groups is 5. The number of halogens is 1. The molecule has 3 aliphatic heterocycles. The van der Waals surface area contributed by atoms with E-state index in [0.717, 1.165) is 20.9 Å². The van der Waals surface area contributed by atoms with Gasteiger partial charge in [0, 0.05) is 29.9 Å². The van der Waals surface area contributed by atoms with Crippen LogP contribution in [0.2, 0.25) is 0 Å². The molecule has 15 heteroatoms. The number of nitrogens with zero attached hydrogens (tertiary/aromatic N) is 4. The molecule has 5 amide bonds. The minimum absolute atomic E-state index is 0.00439. The predicted octanol–water partition coefficient (Wildman–Crippen LogP) is 4.11. The molecule has 2 N–H and O–H groups in total. The highest BCUT2D eigenvalue weighted by molar-refractivity contribution is 8.00. The summed E-state index contributed by atoms with van der Waals surface area (Å²) in [6, 6.07) is 1.31. The maximum absolute atomic E-state index is 15.1. The van der Waals surface area contributed by atoms with Crippen molar-refractivity contribution in [1.29, 1.82) is 0 Å². The van der Waals surface area contributed by atoms with Crippen molar-refractivity contribution in [1.82, 2.24) is 25.1 Å². The van der Waals surface area contributed by atoms with Crippen LogP contribution >= 0.6 is 23.1 Å². The van der Waals surface area contributed by atoms with Gasteiger partial charge < -0.3 is 9.73 Å². The van der Waals surface area contributed by atoms with Crippen LogP contribution in [0, 0.1) is 11.7 Å². The van der Waals surface area contributed by atoms with E-state index in [4.69, 9.17) is 4.42 Å². The van der Waals surface area contributed by atoms with Crippen LogP contribution in [0.25, 0.3) is 0 Å². The Morgan fingerprint density at radius 1 is 1.09 bits per heavy atom. The van der Waals surface area contributed by atoms with Crippen LogP contribution in [0.1, 0.15) is 84.4 Å². The maximum atomic E-state index is 15.1. The second-order valence-electron chi connectivity index (χ2n) is 12.6. The first-order valence-corrected chi connectivity index (χ1v) is 16.8. The summed E-state index contributed by atoms with van der Waals surface area (Å²) < 4.78 is 21.9. The van der Waals surface area contributed by atoms with Crippen molar-refractivity contribution < 1.29 is 32.8 Å². The molecule has 0 radical (unpaired) electrons. The normalized spacial score (nSPS) is 19.5. The number of fused-ring (bicyclic) bond motifs is 1. The number of aromatic nitrogens is 2. The summed E-state index contributed by atoms with van der Waals surface area (Å²) in [7, 11) is 0. The van der Waals surface area contributed by atoms with Crippen molar-refractivity contribution >= 4 is 57.8 Å². The van der Waals surface area contributed by atoms with E-state index in [1.54, 1.807) is 12.4 Å². The number of carbonyl (C=O) groups excluding carboxylic acids is 5. The van der Waals surface area contributed by atoms with Crippen LogP contribution in [0.4, 0.5) is 9.52 Å². The van der Waals surface area contributed by atoms with Gasteiger partial charge in [-0.2, -0.15) is 0 Å². The van der Waals surface area contributed by atoms with Crippen molar-refractivity contribution in [2.24, 2.45) is 5.92 Å². The summed E-state index contributed by atoms with van der Waals surface area (Å²) in [5.74, 6) is -1.57. The third-order valence-corrected chi connectivity index (χ3v) is 10.4. The van der Waals surface area contributed by atoms with E-state index >= 15 is 4.39 Å². The second-order valence-corrected chi connectivity index (χ2v) is 14.9. The molecule has 5 heterocycles. The SMILES string of the molecule is CC(C)(C)c1cnc(CSc2cnc(NC(=O)C3CCN(Cc4cc5c(cc4F)C(=O)N(C4CCC(=O)NC4=O)C5=O)CC3)s2)o1. The van der Waals surface area contributed by atoms with E-state index in [0.29, 0.717) is 42.7 Å². The molecule has 46 heavy (non-hydrogen) atoms. The number of rotatable bonds is 8. The van der Waals surface area contributed by atoms with Crippen LogP contribution in [-0.2, 0) is 32.1 Å². The fourth-order valence-electron chi connectivity index (χ4n) is 5.70. The summed E-state index contributed by atoms with van der Waals surface area (Å²) in [5, 5.41) is 5.59. The van der Waals surface area contributed by atoms with Gasteiger partial charge in [-0.1, -0.05) is 32.1 Å². The van der Waals surface area contributed by atoms with Gasteiger partial charge in [-0.15, -0.1) is 11.8 Å². The highest BCUT2D eigenvalue weighted by atomic mass is 32.2. The first-order chi connectivity index (χ1) is 21.9. The van der Waals surface area contributed by atoms with Gasteiger partial charge in [0.05, 0.1) is 33.5 Å². The monoisotopic (exact) mass is 668 g/mol. The number of thiazole rings is 1. The van der Waals surface area contributed by atoms with Crippen LogP contribution < -0.4 is 10.6 Å². The van der Waals surface area contributed by atoms with Gasteiger partial charge in [-0.25, -0.2) is 14.4 Å². The molecule has 3 aliphatic rings. The topological polar surface area (TPSA) is 155 Å². The lowest BCUT2D eigenvalue weighted by atomic mass is 9.94. The number of imide groups is 2. The molecule has 2 aromatic heterocycles. The fraction of sp³-hybridized carbons (Fsp3) is 0.452. The van der Waals surface area contributed by atoms with Gasteiger partial charge in [-0.05, 0) is 44.5 Å². The van der Waals surface area contributed by atoms with E-state index in [2.05, 4.69) is 41.4 Å². The number of benzene rings is 1. The van der Waals surface area contributed by atoms with Crippen molar-refractivity contribution in [3.8, 4) is 0 Å². The minimum atomic E-state index is -1.11. The van der Waals surface area contributed by atoms with Crippen LogP contribution in [0.5, 0.6) is 0 Å². The number of anilines is 1. The summed E-state index contributed by atoms with van der Waals surface area (Å²) in [5.41, 5.74) is 0.0797. The van der Waals surface area contributed by atoms with E-state index in [-0.39, 0.29) is 53.3 Å². The van der Waals surface area contributed by atoms with Gasteiger partial charge in [0.15, 0.2) is 5.13 Å². The largest absolute Gasteiger partial charge is 0.444 e. The lowest BCUT2D eigenvalue weighted by molar-refractivity contribution is -0.136. The van der Waals surface area contributed by atoms with E-state index in [1.807, 2.05) is 4.90 Å². The molecule has 242 valence electrons. The maximum Gasteiger partial charge on any atom is 0.262 e. The quantitative estimate of drug-likeness (QED) is 0.265. The van der Waals surface area contributed by atoms with E-state index < -0.39 is 35.5 Å². The highest BCUT2D eigenvalue weighted by Gasteiger charge is 2.45. The Hall–Kier alpha value is -3.95. The summed E-state index contributed by atoms with van der Waals surface area (Å²) in [6.45, 7) is 7.46. The molecule has 0 bridgehead atoms. The zero-order valence-corrected chi connectivity index (χ0v) is 27.2. The van der Waals surface area contributed by atoms with Crippen LogP contribution in [0.15, 0.2) is 33.2 Å². The Morgan fingerprint density at radius 2 is 1.80 bits per heavy atom. The molecular weight excluding hydrogens is 636 g/mol. The molecule has 1 atom stereocenters. The van der Waals surface area contributed by atoms with Crippen molar-refractivity contribution in [3.63, 3.8) is 0 Å². The van der Waals surface area contributed by atoms with Gasteiger partial charge in [-0.3, -0.25) is 39.1 Å². The standard InChI is InChI=1S/C31H33FN6O6S2/c1-31(2,3)22-12-33-24(44-22)15-45-25-13-34-30(46-25)36-26(40)16-6-8-37(9-7-16)14-17-10-18-19(11-20(17)32)29(43)38(28(18)42)21-4-5-23(39)35-27(21)41/h10-13,16,21H,4-9,14-15H2,1-3H3,(H,34,36,40)(H,35,39,41). The fourth-order valence-corrected chi connectivity index (χ4v) is 7.43. The summed E-state index contributed by atoms with van der Waals surface area (Å²) >= 11 is 2.92. The smallest absolute Gasteiger partial charge is 0.262 e. The molecule has 0 spiro atoms. The molecule has 0 aliphatic carbocycles. The molecule has 1 aromatic carbocycles. The van der Waals surface area contributed by atoms with Gasteiger partial charge >= 0.3 is 0 Å². The Bertz CT molecular complexity index is 1720. The number of thioether (sulfide) groups is 1. The predicted molar refractivity (Wildman–Crippen MR) is 167 cm³/mol. The van der Waals surface area contributed by atoms with Gasteiger partial charge in [0.2, 0.25) is 23.6 Å². The Balaban J connectivity index is 1.00. The molecule has 1 unspecified atom stereocenters. The number of nitrogens with one attached hydrogen (secondary N) is 2. The van der Waals surface area contributed by atoms with Crippen LogP contribution in [-0.4, -0.2) is 68.4 Å². The average Bonchev–Trinajstić information content (AvgIpc) is 3.72. The zero-order valence-electron chi connectivity index (χ0n) is 25.6. The van der Waals surface area contributed by atoms with Crippen molar-refractivity contribution in [2.45, 2.75) is 74.4 Å². The highest BCUT2D eigenvalue weighted by Crippen LogP contribution is 2.33. The molecule has 0 saturated carbocycles. The number of oxazole rings is 1. The molecule has 2 fully saturated rings. The van der Waals surface area contributed by atoms with Crippen molar-refractivity contribution in [3.05, 3.63) is 58.7 Å². The van der Waals surface area contributed by atoms with E-state index in [1.165, 1.54) is 29.2 Å². The molecule has 12 nitrogen and oxygen atoms in total. The molecule has 3 aromatic rings. The van der Waals surface area contributed by atoms with Gasteiger partial charge in [0.25, 0.3) is 11.8 Å². The zero-order chi connectivity index (χ0) is 32.7. The van der Waals surface area contributed by atoms with Crippen LogP contribution in [0.3, 0.4) is 0 Å². The average molecular weight is 669 g/mol. The minimum Gasteiger partial charge on any atom is -0.444 e. The first kappa shape index (κ1) is 32.0. The number of hydrogen-bond donors (Lipinski definition) is 2. The Labute approximate surface area is 272 Å². The van der Waals surface area contributed by atoms with Crippen molar-refractivity contribution in [2.75, 3.05) is 18.4 Å². The number of amides is 5. The molecule has 2 saturated heterocycles.